The molecule has 0 heterocycles. The Bertz CT molecular complexity index is 1030. The summed E-state index contributed by atoms with van der Waals surface area (Å²) in [7, 11) is -3.68. The predicted octanol–water partition coefficient (Wildman–Crippen LogP) is 3.19. The Morgan fingerprint density at radius 3 is 2.43 bits per heavy atom. The standard InChI is InChI=1S/C22H26N2O5S/c1-4-29-22(26)12-9-18-7-10-19(11-8-18)24-21(25)13-14-23-30(27,28)20-15-16(2)5-6-17(20)3/h5-12,15,23H,4,13-14H2,1-3H3,(H,24,25)/b12-9+. The van der Waals surface area contributed by atoms with Crippen molar-refractivity contribution in [3.05, 3.63) is 65.2 Å². The Morgan fingerprint density at radius 2 is 1.77 bits per heavy atom. The number of nitrogens with one attached hydrogen (secondary N) is 2. The lowest BCUT2D eigenvalue weighted by Crippen LogP contribution is -2.28. The average Bonchev–Trinajstić information content (AvgIpc) is 2.69. The van der Waals surface area contributed by atoms with E-state index in [0.29, 0.717) is 17.9 Å². The molecule has 0 fully saturated rings. The van der Waals surface area contributed by atoms with E-state index in [4.69, 9.17) is 4.74 Å². The number of carbonyl (C=O) groups excluding carboxylic acids is 2. The van der Waals surface area contributed by atoms with Crippen LogP contribution in [0, 0.1) is 13.8 Å². The SMILES string of the molecule is CCOC(=O)/C=C/c1ccc(NC(=O)CCNS(=O)(=O)c2cc(C)ccc2C)cc1. The van der Waals surface area contributed by atoms with Crippen molar-refractivity contribution in [2.24, 2.45) is 0 Å². The molecule has 0 aliphatic heterocycles. The zero-order valence-electron chi connectivity index (χ0n) is 17.3. The Labute approximate surface area is 177 Å². The molecule has 30 heavy (non-hydrogen) atoms. The highest BCUT2D eigenvalue weighted by Crippen LogP contribution is 2.16. The normalized spacial score (nSPS) is 11.4. The molecule has 2 rings (SSSR count). The number of aryl methyl sites for hydroxylation is 2. The molecule has 0 radical (unpaired) electrons. The van der Waals surface area contributed by atoms with Gasteiger partial charge in [0, 0.05) is 24.7 Å². The number of rotatable bonds is 9. The molecule has 0 aliphatic carbocycles. The van der Waals surface area contributed by atoms with E-state index in [1.807, 2.05) is 13.0 Å². The van der Waals surface area contributed by atoms with Crippen LogP contribution in [0.25, 0.3) is 6.08 Å². The summed E-state index contributed by atoms with van der Waals surface area (Å²) in [4.78, 5) is 23.6. The summed E-state index contributed by atoms with van der Waals surface area (Å²) in [6, 6.07) is 12.1. The zero-order valence-corrected chi connectivity index (χ0v) is 18.1. The van der Waals surface area contributed by atoms with Gasteiger partial charge in [0.1, 0.15) is 0 Å². The Balaban J connectivity index is 1.86. The summed E-state index contributed by atoms with van der Waals surface area (Å²) >= 11 is 0. The number of ether oxygens (including phenoxy) is 1. The molecule has 0 bridgehead atoms. The number of benzene rings is 2. The summed E-state index contributed by atoms with van der Waals surface area (Å²) in [5, 5.41) is 2.71. The van der Waals surface area contributed by atoms with Crippen LogP contribution in [0.2, 0.25) is 0 Å². The van der Waals surface area contributed by atoms with Crippen LogP contribution in [0.1, 0.15) is 30.0 Å². The van der Waals surface area contributed by atoms with Crippen LogP contribution in [-0.4, -0.2) is 33.4 Å². The van der Waals surface area contributed by atoms with Crippen molar-refractivity contribution in [3.63, 3.8) is 0 Å². The molecule has 7 nitrogen and oxygen atoms in total. The fourth-order valence-electron chi connectivity index (χ4n) is 2.63. The van der Waals surface area contributed by atoms with E-state index in [-0.39, 0.29) is 23.8 Å². The summed E-state index contributed by atoms with van der Waals surface area (Å²) in [6.45, 7) is 5.59. The molecule has 0 saturated heterocycles. The fourth-order valence-corrected chi connectivity index (χ4v) is 3.99. The molecule has 2 aromatic carbocycles. The first-order chi connectivity index (χ1) is 14.2. The van der Waals surface area contributed by atoms with Crippen molar-refractivity contribution in [1.29, 1.82) is 0 Å². The van der Waals surface area contributed by atoms with Gasteiger partial charge < -0.3 is 10.1 Å². The van der Waals surface area contributed by atoms with Gasteiger partial charge in [-0.25, -0.2) is 17.9 Å². The predicted molar refractivity (Wildman–Crippen MR) is 116 cm³/mol. The second-order valence-corrected chi connectivity index (χ2v) is 8.41. The number of esters is 1. The van der Waals surface area contributed by atoms with Gasteiger partial charge in [-0.1, -0.05) is 24.3 Å². The smallest absolute Gasteiger partial charge is 0.330 e. The summed E-state index contributed by atoms with van der Waals surface area (Å²) in [5.41, 5.74) is 2.85. The van der Waals surface area contributed by atoms with E-state index >= 15 is 0 Å². The minimum Gasteiger partial charge on any atom is -0.463 e. The van der Waals surface area contributed by atoms with Gasteiger partial charge in [-0.2, -0.15) is 0 Å². The minimum absolute atomic E-state index is 0.00535. The third-order valence-corrected chi connectivity index (χ3v) is 5.77. The van der Waals surface area contributed by atoms with Gasteiger partial charge in [0.15, 0.2) is 0 Å². The lowest BCUT2D eigenvalue weighted by Gasteiger charge is -2.10. The Morgan fingerprint density at radius 1 is 1.07 bits per heavy atom. The molecule has 160 valence electrons. The lowest BCUT2D eigenvalue weighted by molar-refractivity contribution is -0.137. The summed E-state index contributed by atoms with van der Waals surface area (Å²) < 4.78 is 32.2. The molecule has 2 N–H and O–H groups in total. The largest absolute Gasteiger partial charge is 0.463 e. The molecule has 1 amide bonds. The Kier molecular flexibility index (Phi) is 8.32. The highest BCUT2D eigenvalue weighted by Gasteiger charge is 2.17. The maximum absolute atomic E-state index is 12.5. The molecule has 0 saturated carbocycles. The van der Waals surface area contributed by atoms with Crippen LogP contribution in [0.15, 0.2) is 53.4 Å². The van der Waals surface area contributed by atoms with E-state index in [0.717, 1.165) is 11.1 Å². The number of hydrogen-bond donors (Lipinski definition) is 2. The number of amides is 1. The van der Waals surface area contributed by atoms with Crippen molar-refractivity contribution < 1.29 is 22.7 Å². The van der Waals surface area contributed by atoms with Gasteiger partial charge in [-0.15, -0.1) is 0 Å². The van der Waals surface area contributed by atoms with Gasteiger partial charge >= 0.3 is 5.97 Å². The molecule has 0 atom stereocenters. The van der Waals surface area contributed by atoms with Crippen LogP contribution in [0.4, 0.5) is 5.69 Å². The second-order valence-electron chi connectivity index (χ2n) is 6.67. The van der Waals surface area contributed by atoms with E-state index < -0.39 is 16.0 Å². The van der Waals surface area contributed by atoms with Crippen LogP contribution in [-0.2, 0) is 24.3 Å². The summed E-state index contributed by atoms with van der Waals surface area (Å²) in [5.74, 6) is -0.730. The molecule has 8 heteroatoms. The van der Waals surface area contributed by atoms with Crippen molar-refractivity contribution in [3.8, 4) is 0 Å². The first kappa shape index (κ1) is 23.3. The number of anilines is 1. The van der Waals surface area contributed by atoms with Crippen molar-refractivity contribution in [2.75, 3.05) is 18.5 Å². The maximum atomic E-state index is 12.5. The second kappa shape index (κ2) is 10.7. The summed E-state index contributed by atoms with van der Waals surface area (Å²) in [6.07, 6.45) is 2.94. The van der Waals surface area contributed by atoms with Gasteiger partial charge in [-0.3, -0.25) is 4.79 Å². The molecule has 0 aliphatic rings. The third-order valence-electron chi connectivity index (χ3n) is 4.17. The monoisotopic (exact) mass is 430 g/mol. The lowest BCUT2D eigenvalue weighted by atomic mass is 10.2. The number of sulfonamides is 1. The first-order valence-corrected chi connectivity index (χ1v) is 11.0. The number of hydrogen-bond acceptors (Lipinski definition) is 5. The van der Waals surface area contributed by atoms with Crippen molar-refractivity contribution in [1.82, 2.24) is 4.72 Å². The molecular formula is C22H26N2O5S. The third kappa shape index (κ3) is 7.13. The molecule has 0 aromatic heterocycles. The Hall–Kier alpha value is -2.97. The molecule has 0 unspecified atom stereocenters. The zero-order chi connectivity index (χ0) is 22.1. The minimum atomic E-state index is -3.68. The van der Waals surface area contributed by atoms with Gasteiger partial charge in [0.05, 0.1) is 11.5 Å². The van der Waals surface area contributed by atoms with E-state index in [2.05, 4.69) is 10.0 Å². The van der Waals surface area contributed by atoms with Gasteiger partial charge in [0.25, 0.3) is 0 Å². The van der Waals surface area contributed by atoms with E-state index in [9.17, 15) is 18.0 Å². The first-order valence-electron chi connectivity index (χ1n) is 9.53. The van der Waals surface area contributed by atoms with Gasteiger partial charge in [0.2, 0.25) is 15.9 Å². The van der Waals surface area contributed by atoms with Crippen LogP contribution < -0.4 is 10.0 Å². The maximum Gasteiger partial charge on any atom is 0.330 e. The molecular weight excluding hydrogens is 404 g/mol. The van der Waals surface area contributed by atoms with Gasteiger partial charge in [-0.05, 0) is 61.7 Å². The number of carbonyl (C=O) groups is 2. The highest BCUT2D eigenvalue weighted by molar-refractivity contribution is 7.89. The van der Waals surface area contributed by atoms with Crippen LogP contribution in [0.3, 0.4) is 0 Å². The van der Waals surface area contributed by atoms with Crippen LogP contribution >= 0.6 is 0 Å². The quantitative estimate of drug-likeness (QED) is 0.470. The molecule has 2 aromatic rings. The average molecular weight is 431 g/mol. The van der Waals surface area contributed by atoms with E-state index in [1.165, 1.54) is 6.08 Å². The fraction of sp³-hybridized carbons (Fsp3) is 0.273. The van der Waals surface area contributed by atoms with Crippen LogP contribution in [0.5, 0.6) is 0 Å². The van der Waals surface area contributed by atoms with E-state index in [1.54, 1.807) is 56.3 Å². The van der Waals surface area contributed by atoms with Crippen molar-refractivity contribution >= 4 is 33.7 Å². The molecule has 0 spiro atoms. The van der Waals surface area contributed by atoms with Crippen molar-refractivity contribution in [2.45, 2.75) is 32.1 Å². The topological polar surface area (TPSA) is 102 Å². The highest BCUT2D eigenvalue weighted by atomic mass is 32.2.